The predicted octanol–water partition coefficient (Wildman–Crippen LogP) is 5.74. The Morgan fingerprint density at radius 2 is 2.00 bits per heavy atom. The van der Waals surface area contributed by atoms with E-state index in [-0.39, 0.29) is 18.3 Å². The molecular formula is C24H22BrN3O3. The number of aryl methyl sites for hydroxylation is 2. The van der Waals surface area contributed by atoms with E-state index in [1.165, 1.54) is 11.1 Å². The van der Waals surface area contributed by atoms with Crippen LogP contribution in [0.1, 0.15) is 33.0 Å². The minimum atomic E-state index is -0.309. The minimum Gasteiger partial charge on any atom is -0.486 e. The molecule has 7 heteroatoms. The number of nitrogens with one attached hydrogen (secondary N) is 1. The summed E-state index contributed by atoms with van der Waals surface area (Å²) >= 11 is 3.39. The van der Waals surface area contributed by atoms with Crippen molar-refractivity contribution in [1.82, 2.24) is 9.78 Å². The lowest BCUT2D eigenvalue weighted by Gasteiger charge is -2.07. The van der Waals surface area contributed by atoms with E-state index >= 15 is 0 Å². The smallest absolute Gasteiger partial charge is 0.291 e. The fourth-order valence-corrected chi connectivity index (χ4v) is 3.42. The van der Waals surface area contributed by atoms with Gasteiger partial charge in [0.05, 0.1) is 17.2 Å². The fraction of sp³-hybridized carbons (Fsp3) is 0.167. The van der Waals surface area contributed by atoms with Crippen LogP contribution >= 0.6 is 15.9 Å². The van der Waals surface area contributed by atoms with E-state index in [4.69, 9.17) is 9.15 Å². The van der Waals surface area contributed by atoms with Crippen molar-refractivity contribution >= 4 is 27.5 Å². The maximum absolute atomic E-state index is 12.6. The predicted molar refractivity (Wildman–Crippen MR) is 122 cm³/mol. The summed E-state index contributed by atoms with van der Waals surface area (Å²) in [6, 6.07) is 17.0. The van der Waals surface area contributed by atoms with Crippen molar-refractivity contribution in [2.75, 3.05) is 5.32 Å². The van der Waals surface area contributed by atoms with Gasteiger partial charge in [-0.05, 0) is 82.9 Å². The van der Waals surface area contributed by atoms with Crippen LogP contribution in [0.2, 0.25) is 0 Å². The molecule has 158 valence electrons. The number of aromatic nitrogens is 2. The normalized spacial score (nSPS) is 10.8. The fourth-order valence-electron chi connectivity index (χ4n) is 3.09. The van der Waals surface area contributed by atoms with Crippen molar-refractivity contribution in [1.29, 1.82) is 0 Å². The minimum absolute atomic E-state index is 0.236. The van der Waals surface area contributed by atoms with E-state index in [2.05, 4.69) is 33.3 Å². The van der Waals surface area contributed by atoms with E-state index in [9.17, 15) is 4.79 Å². The number of nitrogens with zero attached hydrogens (tertiary/aromatic N) is 2. The molecule has 0 radical (unpaired) electrons. The Morgan fingerprint density at radius 3 is 2.77 bits per heavy atom. The molecule has 0 atom stereocenters. The van der Waals surface area contributed by atoms with Crippen LogP contribution in [0.25, 0.3) is 0 Å². The molecular weight excluding hydrogens is 458 g/mol. The monoisotopic (exact) mass is 479 g/mol. The van der Waals surface area contributed by atoms with Crippen molar-refractivity contribution in [3.05, 3.63) is 99.7 Å². The number of anilines is 1. The number of rotatable bonds is 7. The van der Waals surface area contributed by atoms with Gasteiger partial charge in [0.2, 0.25) is 0 Å². The average Bonchev–Trinajstić information content (AvgIpc) is 3.38. The molecule has 0 unspecified atom stereocenters. The molecule has 0 spiro atoms. The van der Waals surface area contributed by atoms with Gasteiger partial charge < -0.3 is 14.5 Å². The molecule has 1 N–H and O–H groups in total. The van der Waals surface area contributed by atoms with E-state index in [0.29, 0.717) is 18.0 Å². The number of halogens is 1. The summed E-state index contributed by atoms with van der Waals surface area (Å²) in [5.41, 5.74) is 4.10. The standard InChI is InChI=1S/C24H22BrN3O3/c1-16-6-7-21(10-17(16)2)30-15-22-8-9-23(31-22)24(29)27-20-5-3-4-18(11-20)13-28-14-19(25)12-26-28/h3-12,14H,13,15H2,1-2H3,(H,27,29). The largest absolute Gasteiger partial charge is 0.486 e. The Hall–Kier alpha value is -3.32. The van der Waals surface area contributed by atoms with Gasteiger partial charge in [-0.1, -0.05) is 18.2 Å². The Morgan fingerprint density at radius 1 is 1.13 bits per heavy atom. The van der Waals surface area contributed by atoms with Gasteiger partial charge in [-0.25, -0.2) is 0 Å². The lowest BCUT2D eigenvalue weighted by Crippen LogP contribution is -2.11. The molecule has 2 aromatic carbocycles. The molecule has 2 heterocycles. The van der Waals surface area contributed by atoms with E-state index < -0.39 is 0 Å². The van der Waals surface area contributed by atoms with Gasteiger partial charge in [0.1, 0.15) is 18.1 Å². The highest BCUT2D eigenvalue weighted by Gasteiger charge is 2.12. The van der Waals surface area contributed by atoms with Crippen molar-refractivity contribution in [3.8, 4) is 5.75 Å². The topological polar surface area (TPSA) is 69.3 Å². The van der Waals surface area contributed by atoms with Gasteiger partial charge in [0.15, 0.2) is 5.76 Å². The van der Waals surface area contributed by atoms with Crippen LogP contribution in [0.5, 0.6) is 5.75 Å². The highest BCUT2D eigenvalue weighted by atomic mass is 79.9. The van der Waals surface area contributed by atoms with Crippen LogP contribution in [0.4, 0.5) is 5.69 Å². The van der Waals surface area contributed by atoms with E-state index in [1.807, 2.05) is 60.3 Å². The summed E-state index contributed by atoms with van der Waals surface area (Å²) in [5.74, 6) is 1.28. The lowest BCUT2D eigenvalue weighted by atomic mass is 10.1. The summed E-state index contributed by atoms with van der Waals surface area (Å²) in [4.78, 5) is 12.6. The highest BCUT2D eigenvalue weighted by molar-refractivity contribution is 9.10. The van der Waals surface area contributed by atoms with Gasteiger partial charge in [0.25, 0.3) is 5.91 Å². The maximum atomic E-state index is 12.6. The molecule has 4 aromatic rings. The first-order valence-corrected chi connectivity index (χ1v) is 10.6. The second-order valence-corrected chi connectivity index (χ2v) is 8.23. The molecule has 0 bridgehead atoms. The summed E-state index contributed by atoms with van der Waals surface area (Å²) in [7, 11) is 0. The van der Waals surface area contributed by atoms with Gasteiger partial charge in [-0.3, -0.25) is 9.48 Å². The zero-order valence-electron chi connectivity index (χ0n) is 17.3. The van der Waals surface area contributed by atoms with Crippen LogP contribution in [0, 0.1) is 13.8 Å². The number of carbonyl (C=O) groups excluding carboxylic acids is 1. The Balaban J connectivity index is 1.36. The van der Waals surface area contributed by atoms with Gasteiger partial charge in [0, 0.05) is 11.9 Å². The lowest BCUT2D eigenvalue weighted by molar-refractivity contribution is 0.0992. The third-order valence-corrected chi connectivity index (χ3v) is 5.29. The molecule has 4 rings (SSSR count). The molecule has 2 aromatic heterocycles. The second kappa shape index (κ2) is 9.22. The summed E-state index contributed by atoms with van der Waals surface area (Å²) < 4.78 is 14.2. The van der Waals surface area contributed by atoms with Crippen molar-refractivity contribution in [2.24, 2.45) is 0 Å². The third kappa shape index (κ3) is 5.44. The second-order valence-electron chi connectivity index (χ2n) is 7.31. The van der Waals surface area contributed by atoms with Crippen LogP contribution in [0.15, 0.2) is 75.9 Å². The Bertz CT molecular complexity index is 1210. The van der Waals surface area contributed by atoms with Gasteiger partial charge in [-0.2, -0.15) is 5.10 Å². The Kier molecular flexibility index (Phi) is 6.23. The molecule has 0 saturated carbocycles. The quantitative estimate of drug-likeness (QED) is 0.367. The maximum Gasteiger partial charge on any atom is 0.291 e. The van der Waals surface area contributed by atoms with Crippen LogP contribution in [-0.4, -0.2) is 15.7 Å². The summed E-state index contributed by atoms with van der Waals surface area (Å²) in [5, 5.41) is 7.13. The molecule has 6 nitrogen and oxygen atoms in total. The molecule has 0 fully saturated rings. The van der Waals surface area contributed by atoms with Gasteiger partial charge in [-0.15, -0.1) is 0 Å². The first-order chi connectivity index (χ1) is 15.0. The molecule has 0 aliphatic carbocycles. The first kappa shape index (κ1) is 20.9. The summed E-state index contributed by atoms with van der Waals surface area (Å²) in [6.07, 6.45) is 3.64. The summed E-state index contributed by atoms with van der Waals surface area (Å²) in [6.45, 7) is 4.96. The van der Waals surface area contributed by atoms with Crippen molar-refractivity contribution in [2.45, 2.75) is 27.0 Å². The van der Waals surface area contributed by atoms with Gasteiger partial charge >= 0.3 is 0 Å². The first-order valence-electron chi connectivity index (χ1n) is 9.83. The van der Waals surface area contributed by atoms with Crippen molar-refractivity contribution in [3.63, 3.8) is 0 Å². The van der Waals surface area contributed by atoms with Crippen molar-refractivity contribution < 1.29 is 13.9 Å². The zero-order chi connectivity index (χ0) is 21.8. The van der Waals surface area contributed by atoms with E-state index in [1.54, 1.807) is 18.3 Å². The molecule has 0 saturated heterocycles. The number of hydrogen-bond acceptors (Lipinski definition) is 4. The SMILES string of the molecule is Cc1ccc(OCc2ccc(C(=O)Nc3cccc(Cn4cc(Br)cn4)c3)o2)cc1C. The van der Waals surface area contributed by atoms with Crippen LogP contribution in [0.3, 0.4) is 0 Å². The average molecular weight is 480 g/mol. The van der Waals surface area contributed by atoms with Crippen LogP contribution in [-0.2, 0) is 13.2 Å². The molecule has 31 heavy (non-hydrogen) atoms. The number of furan rings is 1. The molecule has 0 aliphatic rings. The van der Waals surface area contributed by atoms with E-state index in [0.717, 1.165) is 15.8 Å². The molecule has 0 aliphatic heterocycles. The number of amides is 1. The number of ether oxygens (including phenoxy) is 1. The number of carbonyl (C=O) groups is 1. The zero-order valence-corrected chi connectivity index (χ0v) is 18.8. The highest BCUT2D eigenvalue weighted by Crippen LogP contribution is 2.19. The number of hydrogen-bond donors (Lipinski definition) is 1. The third-order valence-electron chi connectivity index (χ3n) is 4.88. The van der Waals surface area contributed by atoms with Crippen LogP contribution < -0.4 is 10.1 Å². The Labute approximate surface area is 189 Å². The number of benzene rings is 2. The molecule has 1 amide bonds.